The number of nitrogens with one attached hydrogen (secondary N) is 1. The van der Waals surface area contributed by atoms with Crippen LogP contribution >= 0.6 is 11.8 Å². The largest absolute Gasteiger partial charge is 0.352 e. The van der Waals surface area contributed by atoms with Crippen molar-refractivity contribution < 1.29 is 13.2 Å². The quantitative estimate of drug-likeness (QED) is 0.633. The Bertz CT molecular complexity index is 917. The van der Waals surface area contributed by atoms with E-state index in [1.807, 2.05) is 0 Å². The minimum Gasteiger partial charge on any atom is -0.352 e. The lowest BCUT2D eigenvalue weighted by molar-refractivity contribution is 0.0932. The number of sulfone groups is 1. The number of amides is 1. The van der Waals surface area contributed by atoms with Gasteiger partial charge in [-0.05, 0) is 42.5 Å². The maximum absolute atomic E-state index is 12.7. The SMILES string of the molecule is CC1CCCCC1CNC(=O)c1cccnc1SCCS(=O)(=O)c1ccccc1. The Balaban J connectivity index is 1.58. The van der Waals surface area contributed by atoms with Gasteiger partial charge in [-0.25, -0.2) is 13.4 Å². The highest BCUT2D eigenvalue weighted by Gasteiger charge is 2.23. The van der Waals surface area contributed by atoms with E-state index in [0.717, 1.165) is 6.42 Å². The molecular weight excluding hydrogens is 404 g/mol. The van der Waals surface area contributed by atoms with Gasteiger partial charge in [0.05, 0.1) is 16.2 Å². The standard InChI is InChI=1S/C22H28N2O3S2/c1-17-8-5-6-9-18(17)16-24-21(25)20-12-7-13-23-22(20)28-14-15-29(26,27)19-10-3-2-4-11-19/h2-4,7,10-13,17-18H,5-6,8-9,14-16H2,1H3,(H,24,25). The summed E-state index contributed by atoms with van der Waals surface area (Å²) in [5.74, 6) is 1.36. The first kappa shape index (κ1) is 21.8. The molecule has 5 nitrogen and oxygen atoms in total. The molecule has 3 rings (SSSR count). The molecule has 1 heterocycles. The molecule has 7 heteroatoms. The maximum atomic E-state index is 12.7. The molecule has 0 saturated heterocycles. The van der Waals surface area contributed by atoms with Gasteiger partial charge in [0, 0.05) is 18.5 Å². The van der Waals surface area contributed by atoms with Crippen LogP contribution < -0.4 is 5.32 Å². The zero-order valence-electron chi connectivity index (χ0n) is 16.7. The van der Waals surface area contributed by atoms with E-state index in [1.165, 1.54) is 31.0 Å². The highest BCUT2D eigenvalue weighted by Crippen LogP contribution is 2.29. The Morgan fingerprint density at radius 3 is 2.66 bits per heavy atom. The molecule has 1 N–H and O–H groups in total. The van der Waals surface area contributed by atoms with Gasteiger partial charge >= 0.3 is 0 Å². The Hall–Kier alpha value is -1.86. The van der Waals surface area contributed by atoms with E-state index in [1.54, 1.807) is 48.7 Å². The zero-order valence-corrected chi connectivity index (χ0v) is 18.3. The van der Waals surface area contributed by atoms with Gasteiger partial charge in [0.2, 0.25) is 0 Å². The number of pyridine rings is 1. The summed E-state index contributed by atoms with van der Waals surface area (Å²) in [5, 5.41) is 3.64. The van der Waals surface area contributed by atoms with Crippen LogP contribution in [0.5, 0.6) is 0 Å². The molecule has 2 unspecified atom stereocenters. The van der Waals surface area contributed by atoms with Crippen LogP contribution in [-0.4, -0.2) is 37.4 Å². The van der Waals surface area contributed by atoms with E-state index in [2.05, 4.69) is 17.2 Å². The van der Waals surface area contributed by atoms with Gasteiger partial charge in [0.25, 0.3) is 5.91 Å². The number of hydrogen-bond acceptors (Lipinski definition) is 5. The number of carbonyl (C=O) groups is 1. The van der Waals surface area contributed by atoms with Crippen LogP contribution in [0, 0.1) is 11.8 Å². The molecule has 1 fully saturated rings. The van der Waals surface area contributed by atoms with Gasteiger partial charge in [0.15, 0.2) is 9.84 Å². The van der Waals surface area contributed by atoms with Crippen LogP contribution in [-0.2, 0) is 9.84 Å². The summed E-state index contributed by atoms with van der Waals surface area (Å²) in [6, 6.07) is 11.9. The number of aromatic nitrogens is 1. The van der Waals surface area contributed by atoms with Gasteiger partial charge in [-0.1, -0.05) is 44.4 Å². The van der Waals surface area contributed by atoms with Crippen molar-refractivity contribution in [2.75, 3.05) is 18.1 Å². The number of nitrogens with zero attached hydrogens (tertiary/aromatic N) is 1. The smallest absolute Gasteiger partial charge is 0.254 e. The van der Waals surface area contributed by atoms with Crippen molar-refractivity contribution in [3.8, 4) is 0 Å². The van der Waals surface area contributed by atoms with Gasteiger partial charge < -0.3 is 5.32 Å². The average molecular weight is 433 g/mol. The molecule has 2 atom stereocenters. The molecule has 1 saturated carbocycles. The molecule has 29 heavy (non-hydrogen) atoms. The topological polar surface area (TPSA) is 76.1 Å². The van der Waals surface area contributed by atoms with Gasteiger partial charge in [-0.15, -0.1) is 11.8 Å². The number of thioether (sulfide) groups is 1. The van der Waals surface area contributed by atoms with Crippen molar-refractivity contribution in [1.29, 1.82) is 0 Å². The third kappa shape index (κ3) is 6.06. The highest BCUT2D eigenvalue weighted by molar-refractivity contribution is 8.00. The number of carbonyl (C=O) groups excluding carboxylic acids is 1. The van der Waals surface area contributed by atoms with Crippen molar-refractivity contribution in [2.45, 2.75) is 42.5 Å². The predicted molar refractivity (Wildman–Crippen MR) is 117 cm³/mol. The van der Waals surface area contributed by atoms with E-state index in [9.17, 15) is 13.2 Å². The first-order valence-electron chi connectivity index (χ1n) is 10.1. The molecule has 1 aliphatic carbocycles. The van der Waals surface area contributed by atoms with Gasteiger partial charge in [-0.3, -0.25) is 4.79 Å². The number of rotatable bonds is 8. The number of hydrogen-bond donors (Lipinski definition) is 1. The second kappa shape index (κ2) is 10.3. The van der Waals surface area contributed by atoms with Crippen LogP contribution in [0.3, 0.4) is 0 Å². The lowest BCUT2D eigenvalue weighted by Crippen LogP contribution is -2.33. The highest BCUT2D eigenvalue weighted by atomic mass is 32.2. The summed E-state index contributed by atoms with van der Waals surface area (Å²) in [5.41, 5.74) is 0.512. The summed E-state index contributed by atoms with van der Waals surface area (Å²) < 4.78 is 24.9. The molecule has 156 valence electrons. The molecule has 1 aliphatic rings. The van der Waals surface area contributed by atoms with E-state index >= 15 is 0 Å². The van der Waals surface area contributed by atoms with Crippen molar-refractivity contribution in [1.82, 2.24) is 10.3 Å². The summed E-state index contributed by atoms with van der Waals surface area (Å²) in [6.45, 7) is 2.94. The third-order valence-corrected chi connectivity index (χ3v) is 8.52. The molecule has 1 aromatic carbocycles. The molecule has 0 aliphatic heterocycles. The molecule has 0 radical (unpaired) electrons. The molecule has 1 aromatic heterocycles. The first-order chi connectivity index (χ1) is 14.0. The van der Waals surface area contributed by atoms with E-state index < -0.39 is 9.84 Å². The van der Waals surface area contributed by atoms with Crippen LogP contribution in [0.1, 0.15) is 43.0 Å². The zero-order chi connectivity index (χ0) is 20.7. The maximum Gasteiger partial charge on any atom is 0.254 e. The normalized spacial score (nSPS) is 19.6. The lowest BCUT2D eigenvalue weighted by atomic mass is 9.80. The third-order valence-electron chi connectivity index (χ3n) is 5.52. The summed E-state index contributed by atoms with van der Waals surface area (Å²) in [7, 11) is -3.34. The monoisotopic (exact) mass is 432 g/mol. The second-order valence-electron chi connectivity index (χ2n) is 7.57. The van der Waals surface area contributed by atoms with Crippen molar-refractivity contribution in [3.05, 3.63) is 54.2 Å². The van der Waals surface area contributed by atoms with E-state index in [0.29, 0.717) is 39.6 Å². The first-order valence-corrected chi connectivity index (χ1v) is 12.7. The van der Waals surface area contributed by atoms with Crippen LogP contribution in [0.4, 0.5) is 0 Å². The van der Waals surface area contributed by atoms with Gasteiger partial charge in [0.1, 0.15) is 5.03 Å². The minimum absolute atomic E-state index is 0.00109. The Kier molecular flexibility index (Phi) is 7.72. The molecule has 1 amide bonds. The summed E-state index contributed by atoms with van der Waals surface area (Å²) in [6.07, 6.45) is 6.53. The second-order valence-corrected chi connectivity index (χ2v) is 10.8. The number of benzene rings is 1. The Morgan fingerprint density at radius 1 is 1.14 bits per heavy atom. The van der Waals surface area contributed by atoms with Crippen LogP contribution in [0.2, 0.25) is 0 Å². The predicted octanol–water partition coefficient (Wildman–Crippen LogP) is 4.20. The fraction of sp³-hybridized carbons (Fsp3) is 0.455. The van der Waals surface area contributed by atoms with Crippen molar-refractivity contribution >= 4 is 27.5 Å². The molecule has 0 spiro atoms. The van der Waals surface area contributed by atoms with E-state index in [4.69, 9.17) is 0 Å². The van der Waals surface area contributed by atoms with E-state index in [-0.39, 0.29) is 11.7 Å². The summed E-state index contributed by atoms with van der Waals surface area (Å²) in [4.78, 5) is 17.3. The van der Waals surface area contributed by atoms with Gasteiger partial charge in [-0.2, -0.15) is 0 Å². The Morgan fingerprint density at radius 2 is 1.90 bits per heavy atom. The van der Waals surface area contributed by atoms with Crippen molar-refractivity contribution in [2.24, 2.45) is 11.8 Å². The fourth-order valence-corrected chi connectivity index (χ4v) is 6.35. The van der Waals surface area contributed by atoms with Crippen LogP contribution in [0.15, 0.2) is 58.6 Å². The molecular formula is C22H28N2O3S2. The molecule has 2 aromatic rings. The minimum atomic E-state index is -3.34. The average Bonchev–Trinajstić information content (AvgIpc) is 2.74. The fourth-order valence-electron chi connectivity index (χ4n) is 3.69. The van der Waals surface area contributed by atoms with Crippen LogP contribution in [0.25, 0.3) is 0 Å². The molecule has 0 bridgehead atoms. The Labute approximate surface area is 177 Å². The summed E-state index contributed by atoms with van der Waals surface area (Å²) >= 11 is 1.31. The lowest BCUT2D eigenvalue weighted by Gasteiger charge is -2.28. The van der Waals surface area contributed by atoms with Crippen molar-refractivity contribution in [3.63, 3.8) is 0 Å².